The van der Waals surface area contributed by atoms with Gasteiger partial charge in [0, 0.05) is 26.7 Å². The van der Waals surface area contributed by atoms with E-state index in [9.17, 15) is 4.79 Å². The Morgan fingerprint density at radius 3 is 2.70 bits per heavy atom. The average Bonchev–Trinajstić information content (AvgIpc) is 2.54. The zero-order chi connectivity index (χ0) is 16.8. The molecule has 0 aromatic heterocycles. The molecule has 1 aromatic carbocycles. The molecule has 1 heterocycles. The molecule has 0 radical (unpaired) electrons. The maximum Gasteiger partial charge on any atom is 0.239 e. The summed E-state index contributed by atoms with van der Waals surface area (Å²) < 4.78 is 0. The van der Waals surface area contributed by atoms with Crippen LogP contribution in [0.15, 0.2) is 30.3 Å². The van der Waals surface area contributed by atoms with Crippen LogP contribution in [0.4, 0.5) is 0 Å². The number of piperidine rings is 1. The van der Waals surface area contributed by atoms with E-state index in [1.807, 2.05) is 25.8 Å². The van der Waals surface area contributed by atoms with Crippen LogP contribution in [-0.4, -0.2) is 48.4 Å². The largest absolute Gasteiger partial charge is 0.344 e. The predicted molar refractivity (Wildman–Crippen MR) is 94.9 cm³/mol. The second kappa shape index (κ2) is 8.46. The highest BCUT2D eigenvalue weighted by Crippen LogP contribution is 2.19. The van der Waals surface area contributed by atoms with E-state index in [-0.39, 0.29) is 17.9 Å². The number of hydrogen-bond acceptors (Lipinski definition) is 3. The number of carbonyl (C=O) groups is 1. The molecule has 1 aromatic rings. The van der Waals surface area contributed by atoms with Crippen molar-refractivity contribution in [3.8, 4) is 0 Å². The van der Waals surface area contributed by atoms with Crippen LogP contribution in [0, 0.1) is 11.8 Å². The van der Waals surface area contributed by atoms with Crippen molar-refractivity contribution in [1.29, 1.82) is 0 Å². The van der Waals surface area contributed by atoms with E-state index in [1.165, 1.54) is 18.4 Å². The van der Waals surface area contributed by atoms with Crippen LogP contribution in [0.5, 0.6) is 0 Å². The van der Waals surface area contributed by atoms with Gasteiger partial charge in [0.2, 0.25) is 5.91 Å². The van der Waals surface area contributed by atoms with E-state index in [0.717, 1.165) is 26.2 Å². The monoisotopic (exact) mass is 317 g/mol. The van der Waals surface area contributed by atoms with Gasteiger partial charge < -0.3 is 10.6 Å². The van der Waals surface area contributed by atoms with E-state index in [0.29, 0.717) is 5.92 Å². The Kier molecular flexibility index (Phi) is 6.60. The van der Waals surface area contributed by atoms with Crippen molar-refractivity contribution in [1.82, 2.24) is 9.80 Å². The second-order valence-corrected chi connectivity index (χ2v) is 7.22. The summed E-state index contributed by atoms with van der Waals surface area (Å²) in [7, 11) is 1.89. The summed E-state index contributed by atoms with van der Waals surface area (Å²) in [6.45, 7) is 8.01. The summed E-state index contributed by atoms with van der Waals surface area (Å²) in [5.74, 6) is 0.798. The van der Waals surface area contributed by atoms with Gasteiger partial charge in [0.25, 0.3) is 0 Å². The first-order chi connectivity index (χ1) is 11.0. The first-order valence-corrected chi connectivity index (χ1v) is 8.74. The van der Waals surface area contributed by atoms with Crippen molar-refractivity contribution in [2.45, 2.75) is 39.3 Å². The normalized spacial score (nSPS) is 20.5. The third-order valence-electron chi connectivity index (χ3n) is 4.76. The molecule has 4 nitrogen and oxygen atoms in total. The van der Waals surface area contributed by atoms with Crippen LogP contribution in [0.25, 0.3) is 0 Å². The number of likely N-dealkylation sites (tertiary alicyclic amines) is 1. The topological polar surface area (TPSA) is 49.6 Å². The summed E-state index contributed by atoms with van der Waals surface area (Å²) in [6.07, 6.45) is 2.40. The SMILES string of the molecule is CC(C)[C@H](N)C(=O)N(C)C[C@H]1CCCN(Cc2ccccc2)C1. The summed E-state index contributed by atoms with van der Waals surface area (Å²) in [5, 5.41) is 0. The number of hydrogen-bond donors (Lipinski definition) is 1. The summed E-state index contributed by atoms with van der Waals surface area (Å²) in [4.78, 5) is 16.7. The smallest absolute Gasteiger partial charge is 0.239 e. The van der Waals surface area contributed by atoms with Gasteiger partial charge in [-0.15, -0.1) is 0 Å². The molecular formula is C19H31N3O. The molecule has 0 aliphatic carbocycles. The van der Waals surface area contributed by atoms with E-state index in [1.54, 1.807) is 0 Å². The molecule has 2 atom stereocenters. The lowest BCUT2D eigenvalue weighted by molar-refractivity contribution is -0.133. The molecule has 1 aliphatic heterocycles. The van der Waals surface area contributed by atoms with Crippen molar-refractivity contribution in [3.05, 3.63) is 35.9 Å². The van der Waals surface area contributed by atoms with Crippen molar-refractivity contribution < 1.29 is 4.79 Å². The maximum absolute atomic E-state index is 12.3. The van der Waals surface area contributed by atoms with Gasteiger partial charge in [-0.3, -0.25) is 9.69 Å². The molecule has 1 amide bonds. The van der Waals surface area contributed by atoms with Crippen LogP contribution in [-0.2, 0) is 11.3 Å². The lowest BCUT2D eigenvalue weighted by atomic mass is 9.96. The third-order valence-corrected chi connectivity index (χ3v) is 4.76. The molecule has 2 N–H and O–H groups in total. The number of amides is 1. The zero-order valence-electron chi connectivity index (χ0n) is 14.7. The minimum atomic E-state index is -0.385. The lowest BCUT2D eigenvalue weighted by Crippen LogP contribution is -2.48. The van der Waals surface area contributed by atoms with Gasteiger partial charge in [0.05, 0.1) is 6.04 Å². The Morgan fingerprint density at radius 2 is 2.04 bits per heavy atom. The Bertz CT molecular complexity index is 489. The molecule has 0 bridgehead atoms. The minimum absolute atomic E-state index is 0.0696. The van der Waals surface area contributed by atoms with E-state index >= 15 is 0 Å². The van der Waals surface area contributed by atoms with Crippen LogP contribution in [0.1, 0.15) is 32.3 Å². The Balaban J connectivity index is 1.85. The molecule has 0 unspecified atom stereocenters. The van der Waals surface area contributed by atoms with Gasteiger partial charge in [-0.1, -0.05) is 44.2 Å². The molecule has 4 heteroatoms. The highest BCUT2D eigenvalue weighted by atomic mass is 16.2. The number of nitrogens with zero attached hydrogens (tertiary/aromatic N) is 2. The molecule has 1 aliphatic rings. The van der Waals surface area contributed by atoms with Gasteiger partial charge in [-0.25, -0.2) is 0 Å². The van der Waals surface area contributed by atoms with Gasteiger partial charge >= 0.3 is 0 Å². The van der Waals surface area contributed by atoms with E-state index in [2.05, 4.69) is 35.2 Å². The molecular weight excluding hydrogens is 286 g/mol. The van der Waals surface area contributed by atoms with Crippen molar-refractivity contribution in [2.24, 2.45) is 17.6 Å². The number of likely N-dealkylation sites (N-methyl/N-ethyl adjacent to an activating group) is 1. The fourth-order valence-corrected chi connectivity index (χ4v) is 3.30. The summed E-state index contributed by atoms with van der Waals surface area (Å²) >= 11 is 0. The predicted octanol–water partition coefficient (Wildman–Crippen LogP) is 2.34. The number of carbonyl (C=O) groups excluding carboxylic acids is 1. The fourth-order valence-electron chi connectivity index (χ4n) is 3.30. The Labute approximate surface area is 140 Å². The third kappa shape index (κ3) is 5.33. The van der Waals surface area contributed by atoms with Crippen molar-refractivity contribution in [3.63, 3.8) is 0 Å². The minimum Gasteiger partial charge on any atom is -0.344 e. The fraction of sp³-hybridized carbons (Fsp3) is 0.632. The van der Waals surface area contributed by atoms with Crippen LogP contribution in [0.3, 0.4) is 0 Å². The highest BCUT2D eigenvalue weighted by molar-refractivity contribution is 5.81. The number of benzene rings is 1. The number of nitrogens with two attached hydrogens (primary N) is 1. The van der Waals surface area contributed by atoms with Crippen LogP contribution < -0.4 is 5.73 Å². The molecule has 1 fully saturated rings. The van der Waals surface area contributed by atoms with E-state index in [4.69, 9.17) is 5.73 Å². The van der Waals surface area contributed by atoms with Gasteiger partial charge in [-0.05, 0) is 36.8 Å². The first-order valence-electron chi connectivity index (χ1n) is 8.74. The Hall–Kier alpha value is -1.39. The van der Waals surface area contributed by atoms with E-state index < -0.39 is 0 Å². The zero-order valence-corrected chi connectivity index (χ0v) is 14.7. The highest BCUT2D eigenvalue weighted by Gasteiger charge is 2.26. The quantitative estimate of drug-likeness (QED) is 0.876. The molecule has 2 rings (SSSR count). The Morgan fingerprint density at radius 1 is 1.35 bits per heavy atom. The average molecular weight is 317 g/mol. The van der Waals surface area contributed by atoms with Crippen molar-refractivity contribution >= 4 is 5.91 Å². The standard InChI is InChI=1S/C19H31N3O/c1-15(2)18(20)19(23)21(3)12-17-10-7-11-22(14-17)13-16-8-5-4-6-9-16/h4-6,8-9,15,17-18H,7,10-14,20H2,1-3H3/t17-,18+/m1/s1. The maximum atomic E-state index is 12.3. The van der Waals surface area contributed by atoms with Crippen LogP contribution >= 0.6 is 0 Å². The summed E-state index contributed by atoms with van der Waals surface area (Å²) in [6, 6.07) is 10.2. The molecule has 1 saturated heterocycles. The van der Waals surface area contributed by atoms with Gasteiger partial charge in [-0.2, -0.15) is 0 Å². The van der Waals surface area contributed by atoms with Crippen LogP contribution in [0.2, 0.25) is 0 Å². The molecule has 23 heavy (non-hydrogen) atoms. The molecule has 128 valence electrons. The number of rotatable bonds is 6. The molecule has 0 spiro atoms. The summed E-state index contributed by atoms with van der Waals surface area (Å²) in [5.41, 5.74) is 7.35. The molecule has 0 saturated carbocycles. The van der Waals surface area contributed by atoms with Crippen molar-refractivity contribution in [2.75, 3.05) is 26.7 Å². The second-order valence-electron chi connectivity index (χ2n) is 7.22. The van der Waals surface area contributed by atoms with Gasteiger partial charge in [0.15, 0.2) is 0 Å². The first kappa shape index (κ1) is 18.0. The lowest BCUT2D eigenvalue weighted by Gasteiger charge is -2.35. The van der Waals surface area contributed by atoms with Gasteiger partial charge in [0.1, 0.15) is 0 Å².